The molecule has 0 spiro atoms. The number of methoxy groups -OCH3 is 1. The van der Waals surface area contributed by atoms with Crippen molar-refractivity contribution in [3.63, 3.8) is 0 Å². The number of hydrogen-bond acceptors (Lipinski definition) is 3. The number of esters is 1. The van der Waals surface area contributed by atoms with E-state index in [9.17, 15) is 9.59 Å². The summed E-state index contributed by atoms with van der Waals surface area (Å²) in [6.07, 6.45) is 18.0. The fraction of sp³-hybridized carbons (Fsp3) is 0.789. The topological polar surface area (TPSA) is 55.4 Å². The van der Waals surface area contributed by atoms with Crippen LogP contribution in [0.1, 0.15) is 84.0 Å². The third-order valence-corrected chi connectivity index (χ3v) is 3.90. The summed E-state index contributed by atoms with van der Waals surface area (Å²) in [6, 6.07) is 0. The van der Waals surface area contributed by atoms with Crippen LogP contribution in [0.5, 0.6) is 0 Å². The molecule has 0 aliphatic carbocycles. The molecule has 0 saturated carbocycles. The maximum absolute atomic E-state index is 11.4. The average molecular weight is 325 g/mol. The number of hydrogen-bond donors (Lipinski definition) is 1. The summed E-state index contributed by atoms with van der Waals surface area (Å²) in [5.74, 6) is -0.746. The molecule has 4 heteroatoms. The van der Waals surface area contributed by atoms with Crippen LogP contribution in [0.25, 0.3) is 0 Å². The van der Waals surface area contributed by atoms with Crippen LogP contribution in [-0.4, -0.2) is 25.5 Å². The molecule has 134 valence electrons. The van der Waals surface area contributed by atoms with Crippen LogP contribution in [0.2, 0.25) is 0 Å². The third-order valence-electron chi connectivity index (χ3n) is 3.90. The van der Waals surface area contributed by atoms with Crippen molar-refractivity contribution in [1.29, 1.82) is 0 Å². The first kappa shape index (κ1) is 21.7. The van der Waals surface area contributed by atoms with Gasteiger partial charge in [-0.3, -0.25) is 4.79 Å². The molecule has 0 aromatic carbocycles. The maximum atomic E-state index is 11.4. The largest absolute Gasteiger partial charge is 0.466 e. The average Bonchev–Trinajstić information content (AvgIpc) is 2.56. The van der Waals surface area contributed by atoms with Gasteiger partial charge >= 0.3 is 5.97 Å². The lowest BCUT2D eigenvalue weighted by Crippen LogP contribution is -2.22. The van der Waals surface area contributed by atoms with E-state index in [2.05, 4.69) is 17.0 Å². The van der Waals surface area contributed by atoms with E-state index in [0.29, 0.717) is 6.54 Å². The SMILES string of the molecule is CCCCCCCCCCCCCCNC(=O)/C=C\C(=O)OC. The highest BCUT2D eigenvalue weighted by atomic mass is 16.5. The highest BCUT2D eigenvalue weighted by molar-refractivity contribution is 5.94. The smallest absolute Gasteiger partial charge is 0.330 e. The zero-order valence-corrected chi connectivity index (χ0v) is 15.1. The van der Waals surface area contributed by atoms with E-state index < -0.39 is 5.97 Å². The fourth-order valence-electron chi connectivity index (χ4n) is 2.45. The molecular formula is C19H35NO3. The molecular weight excluding hydrogens is 290 g/mol. The number of amides is 1. The van der Waals surface area contributed by atoms with Crippen LogP contribution in [0.15, 0.2) is 12.2 Å². The van der Waals surface area contributed by atoms with Crippen molar-refractivity contribution >= 4 is 11.9 Å². The standard InChI is InChI=1S/C19H35NO3/c1-3-4-5-6-7-8-9-10-11-12-13-14-17-20-18(21)15-16-19(22)23-2/h15-16H,3-14,17H2,1-2H3,(H,20,21)/b16-15-. The van der Waals surface area contributed by atoms with Crippen molar-refractivity contribution in [3.8, 4) is 0 Å². The van der Waals surface area contributed by atoms with Crippen molar-refractivity contribution in [2.75, 3.05) is 13.7 Å². The molecule has 4 nitrogen and oxygen atoms in total. The zero-order chi connectivity index (χ0) is 17.2. The van der Waals surface area contributed by atoms with Crippen LogP contribution >= 0.6 is 0 Å². The van der Waals surface area contributed by atoms with E-state index in [0.717, 1.165) is 18.9 Å². The third kappa shape index (κ3) is 16.9. The molecule has 0 aromatic heterocycles. The normalized spacial score (nSPS) is 10.9. The second kappa shape index (κ2) is 17.0. The lowest BCUT2D eigenvalue weighted by molar-refractivity contribution is -0.135. The van der Waals surface area contributed by atoms with Gasteiger partial charge in [-0.2, -0.15) is 0 Å². The van der Waals surface area contributed by atoms with Crippen molar-refractivity contribution in [1.82, 2.24) is 5.32 Å². The van der Waals surface area contributed by atoms with Gasteiger partial charge in [0.25, 0.3) is 0 Å². The molecule has 0 rings (SSSR count). The molecule has 0 unspecified atom stereocenters. The quantitative estimate of drug-likeness (QED) is 0.273. The zero-order valence-electron chi connectivity index (χ0n) is 15.1. The van der Waals surface area contributed by atoms with E-state index in [4.69, 9.17) is 0 Å². The van der Waals surface area contributed by atoms with Crippen LogP contribution in [-0.2, 0) is 14.3 Å². The molecule has 0 aliphatic heterocycles. The highest BCUT2D eigenvalue weighted by Crippen LogP contribution is 2.11. The van der Waals surface area contributed by atoms with Crippen molar-refractivity contribution in [3.05, 3.63) is 12.2 Å². The summed E-state index contributed by atoms with van der Waals surface area (Å²) >= 11 is 0. The van der Waals surface area contributed by atoms with Gasteiger partial charge in [0, 0.05) is 18.7 Å². The maximum Gasteiger partial charge on any atom is 0.330 e. The summed E-state index contributed by atoms with van der Waals surface area (Å²) < 4.78 is 4.42. The van der Waals surface area contributed by atoms with E-state index in [1.54, 1.807) is 0 Å². The fourth-order valence-corrected chi connectivity index (χ4v) is 2.45. The lowest BCUT2D eigenvalue weighted by Gasteiger charge is -2.03. The molecule has 0 saturated heterocycles. The van der Waals surface area contributed by atoms with Gasteiger partial charge in [0.15, 0.2) is 0 Å². The van der Waals surface area contributed by atoms with Crippen LogP contribution in [0.3, 0.4) is 0 Å². The van der Waals surface area contributed by atoms with Gasteiger partial charge in [-0.25, -0.2) is 4.79 Å². The number of nitrogens with one attached hydrogen (secondary N) is 1. The van der Waals surface area contributed by atoms with Crippen LogP contribution in [0, 0.1) is 0 Å². The van der Waals surface area contributed by atoms with Gasteiger partial charge in [0.2, 0.25) is 5.91 Å². The first-order valence-electron chi connectivity index (χ1n) is 9.24. The summed E-state index contributed by atoms with van der Waals surface area (Å²) in [6.45, 7) is 2.92. The number of ether oxygens (including phenoxy) is 1. The Kier molecular flexibility index (Phi) is 16.1. The Labute approximate surface area is 142 Å². The minimum atomic E-state index is -0.509. The van der Waals surface area contributed by atoms with Gasteiger partial charge in [0.1, 0.15) is 0 Å². The molecule has 0 aliphatic rings. The van der Waals surface area contributed by atoms with Crippen LogP contribution in [0.4, 0.5) is 0 Å². The lowest BCUT2D eigenvalue weighted by atomic mass is 10.1. The molecule has 0 aromatic rings. The summed E-state index contributed by atoms with van der Waals surface area (Å²) in [4.78, 5) is 22.2. The van der Waals surface area contributed by atoms with Gasteiger partial charge in [-0.1, -0.05) is 77.6 Å². The van der Waals surface area contributed by atoms with Crippen molar-refractivity contribution in [2.45, 2.75) is 84.0 Å². The van der Waals surface area contributed by atoms with Gasteiger partial charge < -0.3 is 10.1 Å². The first-order valence-corrected chi connectivity index (χ1v) is 9.24. The molecule has 0 bridgehead atoms. The number of unbranched alkanes of at least 4 members (excludes halogenated alkanes) is 11. The summed E-state index contributed by atoms with van der Waals surface area (Å²) in [7, 11) is 1.29. The van der Waals surface area contributed by atoms with E-state index in [-0.39, 0.29) is 5.91 Å². The highest BCUT2D eigenvalue weighted by Gasteiger charge is 1.98. The van der Waals surface area contributed by atoms with E-state index in [1.165, 1.54) is 77.4 Å². The van der Waals surface area contributed by atoms with E-state index in [1.807, 2.05) is 0 Å². The Morgan fingerprint density at radius 2 is 1.26 bits per heavy atom. The monoisotopic (exact) mass is 325 g/mol. The predicted octanol–water partition coefficient (Wildman–Crippen LogP) is 4.53. The van der Waals surface area contributed by atoms with Gasteiger partial charge in [0.05, 0.1) is 7.11 Å². The van der Waals surface area contributed by atoms with Crippen molar-refractivity contribution in [2.24, 2.45) is 0 Å². The summed E-state index contributed by atoms with van der Waals surface area (Å²) in [5.41, 5.74) is 0. The van der Waals surface area contributed by atoms with E-state index >= 15 is 0 Å². The summed E-state index contributed by atoms with van der Waals surface area (Å²) in [5, 5.41) is 2.76. The minimum Gasteiger partial charge on any atom is -0.466 e. The molecule has 1 N–H and O–H groups in total. The minimum absolute atomic E-state index is 0.238. The van der Waals surface area contributed by atoms with Gasteiger partial charge in [-0.15, -0.1) is 0 Å². The Hall–Kier alpha value is -1.32. The Morgan fingerprint density at radius 3 is 1.74 bits per heavy atom. The molecule has 23 heavy (non-hydrogen) atoms. The van der Waals surface area contributed by atoms with Gasteiger partial charge in [-0.05, 0) is 6.42 Å². The van der Waals surface area contributed by atoms with Crippen molar-refractivity contribution < 1.29 is 14.3 Å². The number of carbonyl (C=O) groups excluding carboxylic acids is 2. The Bertz CT molecular complexity index is 327. The first-order chi connectivity index (χ1) is 11.2. The van der Waals surface area contributed by atoms with Crippen LogP contribution < -0.4 is 5.32 Å². The second-order valence-electron chi connectivity index (χ2n) is 6.04. The molecule has 0 fully saturated rings. The number of carbonyl (C=O) groups is 2. The molecule has 0 heterocycles. The Balaban J connectivity index is 3.23. The Morgan fingerprint density at radius 1 is 0.783 bits per heavy atom. The second-order valence-corrected chi connectivity index (χ2v) is 6.04. The molecule has 0 radical (unpaired) electrons. The predicted molar refractivity (Wildman–Crippen MR) is 95.2 cm³/mol. The number of rotatable bonds is 15. The molecule has 0 atom stereocenters. The molecule has 1 amide bonds.